The molecule has 1 aliphatic heterocycles. The maximum atomic E-state index is 13.0. The molecule has 1 aromatic carbocycles. The molecule has 0 bridgehead atoms. The van der Waals surface area contributed by atoms with E-state index in [-0.39, 0.29) is 24.9 Å². The third kappa shape index (κ3) is 4.91. The van der Waals surface area contributed by atoms with Gasteiger partial charge in [-0.3, -0.25) is 0 Å². The van der Waals surface area contributed by atoms with E-state index in [0.29, 0.717) is 11.3 Å². The fourth-order valence-corrected chi connectivity index (χ4v) is 4.50. The molecule has 9 heteroatoms. The summed E-state index contributed by atoms with van der Waals surface area (Å²) in [6, 6.07) is 6.19. The van der Waals surface area contributed by atoms with Crippen molar-refractivity contribution in [2.75, 3.05) is 18.8 Å². The van der Waals surface area contributed by atoms with Gasteiger partial charge in [-0.1, -0.05) is 19.1 Å². The van der Waals surface area contributed by atoms with Crippen molar-refractivity contribution in [2.24, 2.45) is 5.73 Å². The van der Waals surface area contributed by atoms with Crippen LogP contribution < -0.4 is 14.4 Å². The summed E-state index contributed by atoms with van der Waals surface area (Å²) in [6.07, 6.45) is 0.196. The lowest BCUT2D eigenvalue weighted by Gasteiger charge is -2.34. The summed E-state index contributed by atoms with van der Waals surface area (Å²) in [6.45, 7) is 3.64. The van der Waals surface area contributed by atoms with E-state index in [1.807, 2.05) is 13.8 Å². The highest BCUT2D eigenvalue weighted by Crippen LogP contribution is 2.37. The highest BCUT2D eigenvalue weighted by atomic mass is 32.2. The van der Waals surface area contributed by atoms with Crippen LogP contribution in [0.4, 0.5) is 18.9 Å². The van der Waals surface area contributed by atoms with Crippen LogP contribution in [0.5, 0.6) is 5.75 Å². The second-order valence-electron chi connectivity index (χ2n) is 6.46. The molecule has 1 aromatic rings. The maximum absolute atomic E-state index is 13.0. The van der Waals surface area contributed by atoms with Crippen LogP contribution in [0.3, 0.4) is 0 Å². The Morgan fingerprint density at radius 2 is 2.04 bits per heavy atom. The zero-order chi connectivity index (χ0) is 20.3. The highest BCUT2D eigenvalue weighted by molar-refractivity contribution is 7.91. The first kappa shape index (κ1) is 21.5. The van der Waals surface area contributed by atoms with Crippen molar-refractivity contribution in [3.8, 4) is 5.75 Å². The van der Waals surface area contributed by atoms with E-state index in [0.717, 1.165) is 6.42 Å². The highest BCUT2D eigenvalue weighted by Gasteiger charge is 2.50. The molecule has 1 aliphatic rings. The van der Waals surface area contributed by atoms with E-state index >= 15 is 0 Å². The van der Waals surface area contributed by atoms with Gasteiger partial charge in [0.1, 0.15) is 18.5 Å². The fourth-order valence-electron chi connectivity index (χ4n) is 2.81. The minimum Gasteiger partial charge on any atom is -0.491 e. The van der Waals surface area contributed by atoms with Crippen LogP contribution in [0.1, 0.15) is 20.3 Å². The monoisotopic (exact) mass is 405 g/mol. The Kier molecular flexibility index (Phi) is 6.39. The second-order valence-corrected chi connectivity index (χ2v) is 8.57. The van der Waals surface area contributed by atoms with Crippen molar-refractivity contribution in [1.82, 2.24) is 3.89 Å². The van der Waals surface area contributed by atoms with Crippen molar-refractivity contribution in [3.05, 3.63) is 48.2 Å². The molecular formula is C18H24F3N2O3S+. The minimum absolute atomic E-state index is 0.0150. The van der Waals surface area contributed by atoms with E-state index in [9.17, 15) is 21.6 Å². The molecule has 2 rings (SSSR count). The van der Waals surface area contributed by atoms with Crippen LogP contribution in [0, 0.1) is 0 Å². The molecule has 0 aliphatic carbocycles. The average Bonchev–Trinajstić information content (AvgIpc) is 2.59. The standard InChI is InChI=1S/C18H24F3N2O3S/c1-3-14(2)26-17-8-4-7-16(10-17)23(9-5-6-15(11-22)12-23)27(24,25)13-18(19,20)21/h4-8,10,12,14H,3,9,11,13,22H2,1-2H3/q+1. The van der Waals surface area contributed by atoms with Crippen molar-refractivity contribution in [1.29, 1.82) is 0 Å². The van der Waals surface area contributed by atoms with Gasteiger partial charge in [0, 0.05) is 24.3 Å². The molecule has 2 N–H and O–H groups in total. The van der Waals surface area contributed by atoms with E-state index in [4.69, 9.17) is 10.5 Å². The third-order valence-corrected chi connectivity index (χ3v) is 6.48. The number of sulfonamides is 1. The first-order valence-electron chi connectivity index (χ1n) is 8.56. The summed E-state index contributed by atoms with van der Waals surface area (Å²) in [5.74, 6) is -1.53. The number of nitrogens with two attached hydrogens (primary N) is 1. The van der Waals surface area contributed by atoms with Crippen LogP contribution in [0.2, 0.25) is 0 Å². The first-order chi connectivity index (χ1) is 12.5. The first-order valence-corrected chi connectivity index (χ1v) is 10.2. The molecule has 0 aromatic heterocycles. The van der Waals surface area contributed by atoms with Gasteiger partial charge in [0.05, 0.1) is 6.10 Å². The molecule has 0 radical (unpaired) electrons. The number of rotatable bonds is 7. The Labute approximate surface area is 157 Å². The topological polar surface area (TPSA) is 69.4 Å². The van der Waals surface area contributed by atoms with Gasteiger partial charge in [0.25, 0.3) is 0 Å². The van der Waals surface area contributed by atoms with Crippen LogP contribution in [-0.4, -0.2) is 39.5 Å². The Balaban J connectivity index is 2.60. The maximum Gasteiger partial charge on any atom is 0.408 e. The normalized spacial score (nSPS) is 21.6. The van der Waals surface area contributed by atoms with Crippen LogP contribution >= 0.6 is 0 Å². The molecule has 1 heterocycles. The number of quaternary nitrogens is 1. The quantitative estimate of drug-likeness (QED) is 0.706. The molecule has 0 amide bonds. The molecule has 5 nitrogen and oxygen atoms in total. The Hall–Kier alpha value is -1.84. The Morgan fingerprint density at radius 3 is 2.63 bits per heavy atom. The van der Waals surface area contributed by atoms with Crippen molar-refractivity contribution in [3.63, 3.8) is 0 Å². The fraction of sp³-hybridized carbons (Fsp3) is 0.444. The summed E-state index contributed by atoms with van der Waals surface area (Å²) in [4.78, 5) is 0. The predicted molar refractivity (Wildman–Crippen MR) is 99.6 cm³/mol. The second kappa shape index (κ2) is 8.04. The predicted octanol–water partition coefficient (Wildman–Crippen LogP) is 3.48. The van der Waals surface area contributed by atoms with Crippen molar-refractivity contribution in [2.45, 2.75) is 32.5 Å². The van der Waals surface area contributed by atoms with E-state index in [1.54, 1.807) is 18.2 Å². The summed E-state index contributed by atoms with van der Waals surface area (Å²) in [5.41, 5.74) is 6.24. The van der Waals surface area contributed by atoms with Crippen molar-refractivity contribution >= 4 is 15.7 Å². The average molecular weight is 405 g/mol. The van der Waals surface area contributed by atoms with Gasteiger partial charge in [-0.25, -0.2) is 0 Å². The van der Waals surface area contributed by atoms with E-state index in [1.165, 1.54) is 24.4 Å². The smallest absolute Gasteiger partial charge is 0.408 e. The van der Waals surface area contributed by atoms with Gasteiger partial charge in [0.2, 0.25) is 0 Å². The van der Waals surface area contributed by atoms with Crippen LogP contribution in [0.15, 0.2) is 48.2 Å². The zero-order valence-electron chi connectivity index (χ0n) is 15.2. The van der Waals surface area contributed by atoms with Gasteiger partial charge < -0.3 is 10.5 Å². The number of halogens is 3. The molecule has 0 fully saturated rings. The molecule has 27 heavy (non-hydrogen) atoms. The number of nitrogens with zero attached hydrogens (tertiary/aromatic N) is 1. The van der Waals surface area contributed by atoms with Crippen molar-refractivity contribution < 1.29 is 26.3 Å². The van der Waals surface area contributed by atoms with Gasteiger partial charge in [-0.05, 0) is 25.5 Å². The van der Waals surface area contributed by atoms with Gasteiger partial charge >= 0.3 is 16.2 Å². The number of benzene rings is 1. The van der Waals surface area contributed by atoms with Crippen LogP contribution in [0.25, 0.3) is 0 Å². The molecular weight excluding hydrogens is 381 g/mol. The molecule has 150 valence electrons. The molecule has 0 saturated carbocycles. The number of ether oxygens (including phenoxy) is 1. The third-order valence-electron chi connectivity index (χ3n) is 4.33. The van der Waals surface area contributed by atoms with Gasteiger partial charge in [-0.2, -0.15) is 25.5 Å². The van der Waals surface area contributed by atoms with Gasteiger partial charge in [0.15, 0.2) is 11.4 Å². The van der Waals surface area contributed by atoms with Gasteiger partial charge in [-0.15, -0.1) is 0 Å². The van der Waals surface area contributed by atoms with E-state index in [2.05, 4.69) is 0 Å². The largest absolute Gasteiger partial charge is 0.491 e. The lowest BCUT2D eigenvalue weighted by Crippen LogP contribution is -2.54. The van der Waals surface area contributed by atoms with E-state index < -0.39 is 25.8 Å². The SMILES string of the molecule is CCC(C)Oc1cccc([N+]2(S(=O)(=O)CC(F)(F)F)C=C(CN)C=CC2)c1. The summed E-state index contributed by atoms with van der Waals surface area (Å²) >= 11 is 0. The summed E-state index contributed by atoms with van der Waals surface area (Å²) in [5, 5.41) is 0. The molecule has 0 saturated heterocycles. The molecule has 2 unspecified atom stereocenters. The van der Waals surface area contributed by atoms with Crippen LogP contribution in [-0.2, 0) is 10.0 Å². The lowest BCUT2D eigenvalue weighted by molar-refractivity contribution is -0.106. The summed E-state index contributed by atoms with van der Waals surface area (Å²) in [7, 11) is -4.68. The minimum atomic E-state index is -4.85. The molecule has 2 atom stereocenters. The summed E-state index contributed by atoms with van der Waals surface area (Å²) < 4.78 is 69.4. The Bertz CT molecular complexity index is 834. The lowest BCUT2D eigenvalue weighted by atomic mass is 10.2. The number of hydrogen-bond acceptors (Lipinski definition) is 4. The number of alkyl halides is 3. The molecule has 0 spiro atoms. The Morgan fingerprint density at radius 1 is 1.33 bits per heavy atom. The zero-order valence-corrected chi connectivity index (χ0v) is 16.1. The number of hydrogen-bond donors (Lipinski definition) is 1.